The van der Waals surface area contributed by atoms with Gasteiger partial charge in [0.25, 0.3) is 0 Å². The van der Waals surface area contributed by atoms with E-state index in [0.717, 1.165) is 65.9 Å². The summed E-state index contributed by atoms with van der Waals surface area (Å²) in [5.41, 5.74) is 3.83. The smallest absolute Gasteiger partial charge is 0.410 e. The normalized spacial score (nSPS) is 17.7. The third kappa shape index (κ3) is 5.08. The zero-order chi connectivity index (χ0) is 27.0. The van der Waals surface area contributed by atoms with Gasteiger partial charge in [0.1, 0.15) is 24.4 Å². The summed E-state index contributed by atoms with van der Waals surface area (Å²) >= 11 is 0. The molecule has 0 saturated carbocycles. The molecule has 4 aromatic rings. The number of fused-ring (bicyclic) bond motifs is 2. The van der Waals surface area contributed by atoms with Crippen LogP contribution in [0.15, 0.2) is 72.0 Å². The summed E-state index contributed by atoms with van der Waals surface area (Å²) in [5, 5.41) is 0.959. The molecule has 2 aromatic carbocycles. The zero-order valence-electron chi connectivity index (χ0n) is 21.9. The second kappa shape index (κ2) is 10.3. The molecule has 0 spiro atoms. The minimum absolute atomic E-state index is 0.209. The zero-order valence-corrected chi connectivity index (χ0v) is 22.7. The van der Waals surface area contributed by atoms with E-state index in [0.29, 0.717) is 18.0 Å². The van der Waals surface area contributed by atoms with Crippen LogP contribution < -0.4 is 4.90 Å². The highest BCUT2D eigenvalue weighted by atomic mass is 32.2. The summed E-state index contributed by atoms with van der Waals surface area (Å²) in [7, 11) is -3.26. The Morgan fingerprint density at radius 2 is 1.87 bits per heavy atom. The number of sulfone groups is 1. The van der Waals surface area contributed by atoms with Gasteiger partial charge in [0.2, 0.25) is 0 Å². The van der Waals surface area contributed by atoms with E-state index in [-0.39, 0.29) is 18.7 Å². The molecule has 10 heteroatoms. The molecular formula is C29H31N5O4S. The molecule has 2 aliphatic rings. The van der Waals surface area contributed by atoms with Gasteiger partial charge in [0.15, 0.2) is 9.84 Å². The van der Waals surface area contributed by atoms with Crippen LogP contribution in [0.4, 0.5) is 16.3 Å². The van der Waals surface area contributed by atoms with Gasteiger partial charge < -0.3 is 19.1 Å². The first-order valence-electron chi connectivity index (χ1n) is 13.3. The number of amides is 1. The second-order valence-corrected chi connectivity index (χ2v) is 12.2. The molecule has 39 heavy (non-hydrogen) atoms. The first-order valence-corrected chi connectivity index (χ1v) is 15.2. The standard InChI is InChI=1S/C29H31N5O4S/c1-39(36,37)24-9-10-26-22(18-24)11-16-34(26)28-25-13-17-33(27(25)30-20-31-28)23-8-5-14-32(15-12-23)29(35)38-19-21-6-3-2-4-7-21/h2-4,6-7,9-10,13,17-18,20,23H,5,8,11-12,14-16,19H2,1H3. The van der Waals surface area contributed by atoms with Gasteiger partial charge >= 0.3 is 6.09 Å². The maximum atomic E-state index is 12.7. The number of carbonyl (C=O) groups is 1. The van der Waals surface area contributed by atoms with E-state index in [1.165, 1.54) is 6.26 Å². The number of hydrogen-bond donors (Lipinski definition) is 0. The summed E-state index contributed by atoms with van der Waals surface area (Å²) < 4.78 is 31.8. The van der Waals surface area contributed by atoms with Crippen molar-refractivity contribution in [2.75, 3.05) is 30.8 Å². The summed E-state index contributed by atoms with van der Waals surface area (Å²) in [6.45, 7) is 2.29. The van der Waals surface area contributed by atoms with Crippen molar-refractivity contribution in [1.29, 1.82) is 0 Å². The van der Waals surface area contributed by atoms with Crippen LogP contribution in [0, 0.1) is 0 Å². The monoisotopic (exact) mass is 545 g/mol. The van der Waals surface area contributed by atoms with Crippen LogP contribution in [-0.4, -0.2) is 59.8 Å². The Labute approximate surface area is 228 Å². The van der Waals surface area contributed by atoms with Crippen LogP contribution in [0.1, 0.15) is 36.4 Å². The number of aromatic nitrogens is 3. The molecule has 2 aliphatic heterocycles. The fourth-order valence-corrected chi connectivity index (χ4v) is 6.32. The lowest BCUT2D eigenvalue weighted by atomic mass is 10.1. The fourth-order valence-electron chi connectivity index (χ4n) is 5.65. The molecule has 1 atom stereocenters. The Morgan fingerprint density at radius 3 is 2.69 bits per heavy atom. The van der Waals surface area contributed by atoms with E-state index in [2.05, 4.69) is 31.7 Å². The number of carbonyl (C=O) groups excluding carboxylic acids is 1. The van der Waals surface area contributed by atoms with Crippen LogP contribution in [0.5, 0.6) is 0 Å². The second-order valence-electron chi connectivity index (χ2n) is 10.2. The van der Waals surface area contributed by atoms with Crippen molar-refractivity contribution in [3.63, 3.8) is 0 Å². The molecule has 0 bridgehead atoms. The maximum absolute atomic E-state index is 12.7. The Morgan fingerprint density at radius 1 is 1.03 bits per heavy atom. The van der Waals surface area contributed by atoms with Gasteiger partial charge in [0, 0.05) is 43.8 Å². The Kier molecular flexibility index (Phi) is 6.72. The molecule has 4 heterocycles. The van der Waals surface area contributed by atoms with Crippen LogP contribution in [0.25, 0.3) is 11.0 Å². The van der Waals surface area contributed by atoms with E-state index in [9.17, 15) is 13.2 Å². The minimum Gasteiger partial charge on any atom is -0.445 e. The van der Waals surface area contributed by atoms with Crippen LogP contribution in [0.2, 0.25) is 0 Å². The van der Waals surface area contributed by atoms with Gasteiger partial charge in [-0.2, -0.15) is 0 Å². The minimum atomic E-state index is -3.26. The first kappa shape index (κ1) is 25.4. The highest BCUT2D eigenvalue weighted by molar-refractivity contribution is 7.90. The largest absolute Gasteiger partial charge is 0.445 e. The molecule has 2 aromatic heterocycles. The summed E-state index contributed by atoms with van der Waals surface area (Å²) in [5.74, 6) is 0.823. The van der Waals surface area contributed by atoms with Crippen molar-refractivity contribution < 1.29 is 17.9 Å². The third-order valence-electron chi connectivity index (χ3n) is 7.67. The Balaban J connectivity index is 1.19. The number of anilines is 2. The van der Waals surface area contributed by atoms with Crippen molar-refractivity contribution in [2.45, 2.75) is 43.2 Å². The van der Waals surface area contributed by atoms with Crippen LogP contribution >= 0.6 is 0 Å². The molecule has 0 radical (unpaired) electrons. The van der Waals surface area contributed by atoms with Gasteiger partial charge in [-0.25, -0.2) is 23.2 Å². The SMILES string of the molecule is CS(=O)(=O)c1ccc2c(c1)CCN2c1ncnc2c1ccn2C1CCCN(C(=O)OCc2ccccc2)CC1. The number of hydrogen-bond acceptors (Lipinski definition) is 7. The van der Waals surface area contributed by atoms with E-state index < -0.39 is 9.84 Å². The Bertz CT molecular complexity index is 1620. The lowest BCUT2D eigenvalue weighted by Gasteiger charge is -2.21. The average Bonchev–Trinajstić information content (AvgIpc) is 3.48. The number of likely N-dealkylation sites (tertiary alicyclic amines) is 1. The predicted octanol–water partition coefficient (Wildman–Crippen LogP) is 4.89. The van der Waals surface area contributed by atoms with Gasteiger partial charge in [-0.15, -0.1) is 0 Å². The van der Waals surface area contributed by atoms with Gasteiger partial charge in [-0.1, -0.05) is 30.3 Å². The highest BCUT2D eigenvalue weighted by Crippen LogP contribution is 2.38. The summed E-state index contributed by atoms with van der Waals surface area (Å²) in [4.78, 5) is 26.3. The molecule has 9 nitrogen and oxygen atoms in total. The summed E-state index contributed by atoms with van der Waals surface area (Å²) in [6.07, 6.45) is 8.01. The highest BCUT2D eigenvalue weighted by Gasteiger charge is 2.27. The topological polar surface area (TPSA) is 97.6 Å². The van der Waals surface area contributed by atoms with Gasteiger partial charge in [-0.05, 0) is 61.1 Å². The lowest BCUT2D eigenvalue weighted by Crippen LogP contribution is -2.32. The van der Waals surface area contributed by atoms with Gasteiger partial charge in [-0.3, -0.25) is 0 Å². The van der Waals surface area contributed by atoms with Crippen LogP contribution in [-0.2, 0) is 27.6 Å². The van der Waals surface area contributed by atoms with E-state index in [1.807, 2.05) is 36.4 Å². The number of rotatable bonds is 5. The third-order valence-corrected chi connectivity index (χ3v) is 8.78. The predicted molar refractivity (Wildman–Crippen MR) is 149 cm³/mol. The van der Waals surface area contributed by atoms with E-state index in [4.69, 9.17) is 4.74 Å². The molecule has 0 aliphatic carbocycles. The van der Waals surface area contributed by atoms with Crippen molar-refractivity contribution in [2.24, 2.45) is 0 Å². The maximum Gasteiger partial charge on any atom is 0.410 e. The van der Waals surface area contributed by atoms with E-state index in [1.54, 1.807) is 23.4 Å². The molecule has 1 amide bonds. The fraction of sp³-hybridized carbons (Fsp3) is 0.345. The quantitative estimate of drug-likeness (QED) is 0.352. The number of benzene rings is 2. The Hall–Kier alpha value is -3.92. The molecule has 6 rings (SSSR count). The number of nitrogens with zero attached hydrogens (tertiary/aromatic N) is 5. The van der Waals surface area contributed by atoms with Crippen molar-refractivity contribution in [3.8, 4) is 0 Å². The first-order chi connectivity index (χ1) is 18.9. The molecule has 0 N–H and O–H groups in total. The van der Waals surface area contributed by atoms with Crippen molar-refractivity contribution >= 4 is 38.5 Å². The molecular weight excluding hydrogens is 514 g/mol. The molecule has 1 fully saturated rings. The molecule has 1 saturated heterocycles. The van der Waals surface area contributed by atoms with E-state index >= 15 is 0 Å². The lowest BCUT2D eigenvalue weighted by molar-refractivity contribution is 0.0971. The van der Waals surface area contributed by atoms with Gasteiger partial charge in [0.05, 0.1) is 10.3 Å². The van der Waals surface area contributed by atoms with Crippen LogP contribution in [0.3, 0.4) is 0 Å². The molecule has 1 unspecified atom stereocenters. The summed E-state index contributed by atoms with van der Waals surface area (Å²) in [6, 6.07) is 17.3. The molecule has 202 valence electrons. The van der Waals surface area contributed by atoms with Crippen molar-refractivity contribution in [3.05, 3.63) is 78.2 Å². The number of ether oxygens (including phenoxy) is 1. The van der Waals surface area contributed by atoms with Crippen molar-refractivity contribution in [1.82, 2.24) is 19.4 Å². The average molecular weight is 546 g/mol.